The van der Waals surface area contributed by atoms with E-state index in [1.54, 1.807) is 6.92 Å². The summed E-state index contributed by atoms with van der Waals surface area (Å²) in [6.45, 7) is 4.70. The van der Waals surface area contributed by atoms with E-state index in [0.29, 0.717) is 0 Å². The highest BCUT2D eigenvalue weighted by Crippen LogP contribution is 2.20. The van der Waals surface area contributed by atoms with Gasteiger partial charge < -0.3 is 20.5 Å². The normalized spacial score (nSPS) is 16.1. The van der Waals surface area contributed by atoms with Gasteiger partial charge in [0, 0.05) is 38.8 Å². The molecule has 6 nitrogen and oxygen atoms in total. The average Bonchev–Trinajstić information content (AvgIpc) is 2.81. The number of nitrogen functional groups attached to an aromatic ring is 1. The molecule has 1 aliphatic heterocycles. The minimum Gasteiger partial charge on any atom is -0.399 e. The van der Waals surface area contributed by atoms with E-state index in [9.17, 15) is 4.79 Å². The quantitative estimate of drug-likeness (QED) is 0.743. The summed E-state index contributed by atoms with van der Waals surface area (Å²) in [5.41, 5.74) is 8.35. The van der Waals surface area contributed by atoms with Gasteiger partial charge in [-0.2, -0.15) is 0 Å². The molecule has 2 heterocycles. The molecule has 100 valence electrons. The van der Waals surface area contributed by atoms with Gasteiger partial charge in [-0.3, -0.25) is 4.79 Å². The number of H-pyrrole nitrogens is 1. The molecule has 1 aliphatic rings. The molecule has 6 heteroatoms. The molecule has 3 N–H and O–H groups in total. The zero-order valence-electron chi connectivity index (χ0n) is 10.9. The van der Waals surface area contributed by atoms with Crippen LogP contribution in [0.25, 0.3) is 11.0 Å². The maximum atomic E-state index is 11.3. The third-order valence-corrected chi connectivity index (χ3v) is 3.52. The fraction of sp³-hybridized carbons (Fsp3) is 0.385. The Morgan fingerprint density at radius 3 is 2.74 bits per heavy atom. The Hall–Kier alpha value is -2.24. The van der Waals surface area contributed by atoms with E-state index in [1.165, 1.54) is 0 Å². The molecule has 2 aromatic rings. The van der Waals surface area contributed by atoms with Gasteiger partial charge in [-0.1, -0.05) is 0 Å². The molecule has 0 atom stereocenters. The van der Waals surface area contributed by atoms with E-state index >= 15 is 0 Å². The molecule has 19 heavy (non-hydrogen) atoms. The lowest BCUT2D eigenvalue weighted by Crippen LogP contribution is -2.48. The molecule has 0 bridgehead atoms. The van der Waals surface area contributed by atoms with Crippen LogP contribution in [0.3, 0.4) is 0 Å². The fourth-order valence-corrected chi connectivity index (χ4v) is 2.40. The van der Waals surface area contributed by atoms with Crippen molar-refractivity contribution < 1.29 is 4.79 Å². The van der Waals surface area contributed by atoms with Gasteiger partial charge in [-0.05, 0) is 18.2 Å². The van der Waals surface area contributed by atoms with E-state index in [-0.39, 0.29) is 5.91 Å². The number of benzene rings is 1. The minimum atomic E-state index is 0.136. The molecule has 0 unspecified atom stereocenters. The third-order valence-electron chi connectivity index (χ3n) is 3.52. The van der Waals surface area contributed by atoms with Gasteiger partial charge in [-0.15, -0.1) is 0 Å². The number of nitrogens with two attached hydrogens (primary N) is 1. The van der Waals surface area contributed by atoms with Crippen LogP contribution in [0.4, 0.5) is 11.6 Å². The van der Waals surface area contributed by atoms with Gasteiger partial charge in [0.2, 0.25) is 11.9 Å². The number of nitrogens with one attached hydrogen (secondary N) is 1. The Bertz CT molecular complexity index is 613. The van der Waals surface area contributed by atoms with Crippen molar-refractivity contribution in [3.8, 4) is 0 Å². The highest BCUT2D eigenvalue weighted by atomic mass is 16.2. The lowest BCUT2D eigenvalue weighted by Gasteiger charge is -2.33. The van der Waals surface area contributed by atoms with E-state index in [0.717, 1.165) is 48.8 Å². The zero-order valence-corrected chi connectivity index (χ0v) is 10.9. The Morgan fingerprint density at radius 1 is 1.32 bits per heavy atom. The number of amides is 1. The Balaban J connectivity index is 1.80. The first-order chi connectivity index (χ1) is 9.13. The third kappa shape index (κ3) is 2.21. The van der Waals surface area contributed by atoms with Gasteiger partial charge in [0.05, 0.1) is 11.0 Å². The van der Waals surface area contributed by atoms with Crippen molar-refractivity contribution >= 4 is 28.6 Å². The van der Waals surface area contributed by atoms with Gasteiger partial charge >= 0.3 is 0 Å². The van der Waals surface area contributed by atoms with Crippen molar-refractivity contribution in [3.63, 3.8) is 0 Å². The fourth-order valence-electron chi connectivity index (χ4n) is 2.40. The van der Waals surface area contributed by atoms with E-state index in [4.69, 9.17) is 5.73 Å². The number of aromatic nitrogens is 2. The summed E-state index contributed by atoms with van der Waals surface area (Å²) in [6, 6.07) is 5.65. The maximum Gasteiger partial charge on any atom is 0.219 e. The molecular formula is C13H17N5O. The number of fused-ring (bicyclic) bond motifs is 1. The molecule has 1 aromatic carbocycles. The first kappa shape index (κ1) is 11.8. The van der Waals surface area contributed by atoms with E-state index < -0.39 is 0 Å². The lowest BCUT2D eigenvalue weighted by atomic mass is 10.3. The smallest absolute Gasteiger partial charge is 0.219 e. The van der Waals surface area contributed by atoms with Gasteiger partial charge in [-0.25, -0.2) is 4.98 Å². The Kier molecular flexibility index (Phi) is 2.77. The standard InChI is InChI=1S/C13H17N5O/c1-9(19)17-4-6-18(7-5-17)13-15-11-3-2-10(14)8-12(11)16-13/h2-3,8H,4-7,14H2,1H3,(H,15,16). The summed E-state index contributed by atoms with van der Waals surface area (Å²) in [7, 11) is 0. The summed E-state index contributed by atoms with van der Waals surface area (Å²) >= 11 is 0. The number of aromatic amines is 1. The lowest BCUT2D eigenvalue weighted by molar-refractivity contribution is -0.129. The first-order valence-corrected chi connectivity index (χ1v) is 6.39. The molecule has 1 fully saturated rings. The molecule has 1 saturated heterocycles. The summed E-state index contributed by atoms with van der Waals surface area (Å²) in [5, 5.41) is 0. The monoisotopic (exact) mass is 259 g/mol. The maximum absolute atomic E-state index is 11.3. The molecule has 1 aromatic heterocycles. The number of rotatable bonds is 1. The van der Waals surface area contributed by atoms with Crippen molar-refractivity contribution in [1.82, 2.24) is 14.9 Å². The summed E-state index contributed by atoms with van der Waals surface area (Å²) in [4.78, 5) is 23.2. The van der Waals surface area contributed by atoms with Crippen LogP contribution in [0.15, 0.2) is 18.2 Å². The molecular weight excluding hydrogens is 242 g/mol. The van der Waals surface area contributed by atoms with Gasteiger partial charge in [0.25, 0.3) is 0 Å². The molecule has 3 rings (SSSR count). The van der Waals surface area contributed by atoms with Crippen LogP contribution in [-0.4, -0.2) is 47.0 Å². The first-order valence-electron chi connectivity index (χ1n) is 6.39. The Morgan fingerprint density at radius 2 is 2.05 bits per heavy atom. The average molecular weight is 259 g/mol. The second-order valence-corrected chi connectivity index (χ2v) is 4.83. The van der Waals surface area contributed by atoms with Gasteiger partial charge in [0.1, 0.15) is 0 Å². The zero-order chi connectivity index (χ0) is 13.4. The summed E-state index contributed by atoms with van der Waals surface area (Å²) < 4.78 is 0. The number of carbonyl (C=O) groups excluding carboxylic acids is 1. The predicted octanol–water partition coefficient (Wildman–Crippen LogP) is 0.814. The molecule has 1 amide bonds. The Labute approximate surface area is 111 Å². The van der Waals surface area contributed by atoms with Crippen LogP contribution < -0.4 is 10.6 Å². The molecule has 0 spiro atoms. The second kappa shape index (κ2) is 4.46. The number of hydrogen-bond acceptors (Lipinski definition) is 4. The number of hydrogen-bond donors (Lipinski definition) is 2. The number of anilines is 2. The van der Waals surface area contributed by atoms with Crippen molar-refractivity contribution in [2.24, 2.45) is 0 Å². The predicted molar refractivity (Wildman–Crippen MR) is 75.0 cm³/mol. The topological polar surface area (TPSA) is 78.2 Å². The number of carbonyl (C=O) groups is 1. The SMILES string of the molecule is CC(=O)N1CCN(c2nc3ccc(N)cc3[nH]2)CC1. The van der Waals surface area contributed by atoms with Crippen LogP contribution in [0.1, 0.15) is 6.92 Å². The van der Waals surface area contributed by atoms with Crippen molar-refractivity contribution in [1.29, 1.82) is 0 Å². The highest BCUT2D eigenvalue weighted by molar-refractivity contribution is 5.81. The van der Waals surface area contributed by atoms with Crippen LogP contribution in [0.5, 0.6) is 0 Å². The van der Waals surface area contributed by atoms with E-state index in [1.807, 2.05) is 23.1 Å². The van der Waals surface area contributed by atoms with Gasteiger partial charge in [0.15, 0.2) is 0 Å². The summed E-state index contributed by atoms with van der Waals surface area (Å²) in [6.07, 6.45) is 0. The summed E-state index contributed by atoms with van der Waals surface area (Å²) in [5.74, 6) is 0.987. The second-order valence-electron chi connectivity index (χ2n) is 4.83. The largest absolute Gasteiger partial charge is 0.399 e. The van der Waals surface area contributed by atoms with Crippen LogP contribution in [-0.2, 0) is 4.79 Å². The van der Waals surface area contributed by atoms with Crippen LogP contribution in [0.2, 0.25) is 0 Å². The molecule has 0 saturated carbocycles. The van der Waals surface area contributed by atoms with Crippen LogP contribution >= 0.6 is 0 Å². The molecule has 0 radical (unpaired) electrons. The van der Waals surface area contributed by atoms with Crippen LogP contribution in [0, 0.1) is 0 Å². The number of imidazole rings is 1. The molecule has 0 aliphatic carbocycles. The van der Waals surface area contributed by atoms with E-state index in [2.05, 4.69) is 14.9 Å². The highest BCUT2D eigenvalue weighted by Gasteiger charge is 2.20. The number of nitrogens with zero attached hydrogens (tertiary/aromatic N) is 3. The van der Waals surface area contributed by atoms with Crippen molar-refractivity contribution in [3.05, 3.63) is 18.2 Å². The van der Waals surface area contributed by atoms with Crippen molar-refractivity contribution in [2.45, 2.75) is 6.92 Å². The number of piperazine rings is 1. The minimum absolute atomic E-state index is 0.136. The van der Waals surface area contributed by atoms with Crippen molar-refractivity contribution in [2.75, 3.05) is 36.8 Å².